The molecule has 0 radical (unpaired) electrons. The molecule has 0 spiro atoms. The topological polar surface area (TPSA) is 38.0 Å². The molecule has 1 aromatic rings. The molecule has 2 rings (SSSR count). The zero-order valence-corrected chi connectivity index (χ0v) is 14.8. The van der Waals surface area contributed by atoms with Gasteiger partial charge in [0.15, 0.2) is 0 Å². The van der Waals surface area contributed by atoms with Gasteiger partial charge in [-0.3, -0.25) is 4.68 Å². The smallest absolute Gasteiger partial charge is 0.0766 e. The number of aryl methyl sites for hydroxylation is 2. The molecule has 114 valence electrons. The third-order valence-corrected chi connectivity index (χ3v) is 6.39. The molecule has 20 heavy (non-hydrogen) atoms. The van der Waals surface area contributed by atoms with E-state index in [1.54, 1.807) is 0 Å². The van der Waals surface area contributed by atoms with Crippen LogP contribution in [0.2, 0.25) is 0 Å². The summed E-state index contributed by atoms with van der Waals surface area (Å²) in [5, 5.41) is 15.7. The van der Waals surface area contributed by atoms with Gasteiger partial charge in [-0.2, -0.15) is 16.9 Å². The van der Waals surface area contributed by atoms with Gasteiger partial charge in [-0.05, 0) is 42.1 Å². The van der Waals surface area contributed by atoms with Crippen molar-refractivity contribution in [2.75, 3.05) is 5.75 Å². The van der Waals surface area contributed by atoms with Gasteiger partial charge in [-0.1, -0.05) is 19.8 Å². The molecular weight excluding hydrogens is 336 g/mol. The van der Waals surface area contributed by atoms with Crippen LogP contribution >= 0.6 is 27.7 Å². The van der Waals surface area contributed by atoms with Crippen molar-refractivity contribution in [1.82, 2.24) is 9.78 Å². The highest BCUT2D eigenvalue weighted by Crippen LogP contribution is 2.30. The number of halogens is 1. The highest BCUT2D eigenvalue weighted by Gasteiger charge is 2.20. The van der Waals surface area contributed by atoms with E-state index in [1.165, 1.54) is 25.7 Å². The number of aliphatic hydroxyl groups is 1. The van der Waals surface area contributed by atoms with Gasteiger partial charge in [-0.15, -0.1) is 0 Å². The van der Waals surface area contributed by atoms with E-state index in [2.05, 4.69) is 34.9 Å². The number of nitrogens with zero attached hydrogens (tertiary/aromatic N) is 2. The van der Waals surface area contributed by atoms with E-state index in [9.17, 15) is 5.11 Å². The van der Waals surface area contributed by atoms with Gasteiger partial charge in [0.25, 0.3) is 0 Å². The molecule has 1 atom stereocenters. The quantitative estimate of drug-likeness (QED) is 0.803. The van der Waals surface area contributed by atoms with E-state index < -0.39 is 0 Å². The van der Waals surface area contributed by atoms with Crippen LogP contribution in [0.5, 0.6) is 0 Å². The standard InChI is InChI=1S/C15H25BrN2OS/c1-3-13-15(16)14(18(4-2)17-13)9-11(19)10-20-12-7-5-6-8-12/h11-12,19H,3-10H2,1-2H3. The van der Waals surface area contributed by atoms with Crippen molar-refractivity contribution in [3.05, 3.63) is 15.9 Å². The number of hydrogen-bond donors (Lipinski definition) is 1. The average Bonchev–Trinajstić information content (AvgIpc) is 3.06. The molecular formula is C15H25BrN2OS. The van der Waals surface area contributed by atoms with Crippen molar-refractivity contribution >= 4 is 27.7 Å². The summed E-state index contributed by atoms with van der Waals surface area (Å²) < 4.78 is 3.11. The second kappa shape index (κ2) is 7.85. The van der Waals surface area contributed by atoms with Crippen LogP contribution in [0.3, 0.4) is 0 Å². The molecule has 5 heteroatoms. The third-order valence-electron chi connectivity index (χ3n) is 3.95. The van der Waals surface area contributed by atoms with Crippen LogP contribution in [0.15, 0.2) is 4.47 Å². The van der Waals surface area contributed by atoms with Crippen LogP contribution in [0.1, 0.15) is 50.9 Å². The molecule has 1 fully saturated rings. The highest BCUT2D eigenvalue weighted by molar-refractivity contribution is 9.10. The lowest BCUT2D eigenvalue weighted by Crippen LogP contribution is -2.18. The minimum Gasteiger partial charge on any atom is -0.392 e. The van der Waals surface area contributed by atoms with E-state index in [4.69, 9.17) is 0 Å². The Bertz CT molecular complexity index is 430. The monoisotopic (exact) mass is 360 g/mol. The summed E-state index contributed by atoms with van der Waals surface area (Å²) in [7, 11) is 0. The molecule has 1 aromatic heterocycles. The second-order valence-corrected chi connectivity index (χ2v) is 7.60. The molecule has 1 aliphatic carbocycles. The second-order valence-electron chi connectivity index (χ2n) is 5.47. The molecule has 0 bridgehead atoms. The average molecular weight is 361 g/mol. The van der Waals surface area contributed by atoms with Crippen LogP contribution < -0.4 is 0 Å². The normalized spacial score (nSPS) is 17.8. The van der Waals surface area contributed by atoms with Gasteiger partial charge in [0.1, 0.15) is 0 Å². The van der Waals surface area contributed by atoms with Crippen molar-refractivity contribution in [3.63, 3.8) is 0 Å². The summed E-state index contributed by atoms with van der Waals surface area (Å²) in [6, 6.07) is 0. The van der Waals surface area contributed by atoms with Crippen molar-refractivity contribution in [2.45, 2.75) is 70.3 Å². The molecule has 0 saturated heterocycles. The first kappa shape index (κ1) is 16.4. The van der Waals surface area contributed by atoms with Crippen molar-refractivity contribution in [2.24, 2.45) is 0 Å². The molecule has 0 amide bonds. The number of rotatable bonds is 7. The Morgan fingerprint density at radius 1 is 1.40 bits per heavy atom. The zero-order chi connectivity index (χ0) is 14.5. The molecule has 1 saturated carbocycles. The fourth-order valence-corrected chi connectivity index (χ4v) is 4.80. The summed E-state index contributed by atoms with van der Waals surface area (Å²) in [6.45, 7) is 5.07. The van der Waals surface area contributed by atoms with E-state index in [-0.39, 0.29) is 6.10 Å². The van der Waals surface area contributed by atoms with Crippen LogP contribution in [-0.4, -0.2) is 32.0 Å². The fourth-order valence-electron chi connectivity index (χ4n) is 2.80. The van der Waals surface area contributed by atoms with Crippen molar-refractivity contribution in [1.29, 1.82) is 0 Å². The molecule has 1 aliphatic rings. The minimum atomic E-state index is -0.274. The first-order chi connectivity index (χ1) is 9.65. The van der Waals surface area contributed by atoms with Crippen LogP contribution in [-0.2, 0) is 19.4 Å². The SMILES string of the molecule is CCc1nn(CC)c(CC(O)CSC2CCCC2)c1Br. The third kappa shape index (κ3) is 4.01. The predicted molar refractivity (Wildman–Crippen MR) is 89.4 cm³/mol. The van der Waals surface area contributed by atoms with Crippen molar-refractivity contribution < 1.29 is 5.11 Å². The maximum atomic E-state index is 10.3. The molecule has 3 nitrogen and oxygen atoms in total. The lowest BCUT2D eigenvalue weighted by Gasteiger charge is -2.14. The van der Waals surface area contributed by atoms with Gasteiger partial charge in [0.2, 0.25) is 0 Å². The summed E-state index contributed by atoms with van der Waals surface area (Å²) in [5.41, 5.74) is 2.24. The lowest BCUT2D eigenvalue weighted by atomic mass is 10.2. The molecule has 1 N–H and O–H groups in total. The van der Waals surface area contributed by atoms with E-state index in [0.717, 1.165) is 39.8 Å². The summed E-state index contributed by atoms with van der Waals surface area (Å²) in [4.78, 5) is 0. The Morgan fingerprint density at radius 3 is 2.70 bits per heavy atom. The van der Waals surface area contributed by atoms with Gasteiger partial charge in [0, 0.05) is 24.0 Å². The van der Waals surface area contributed by atoms with E-state index >= 15 is 0 Å². The molecule has 0 aromatic carbocycles. The van der Waals surface area contributed by atoms with Gasteiger partial charge in [-0.25, -0.2) is 0 Å². The van der Waals surface area contributed by atoms with E-state index in [1.807, 2.05) is 16.4 Å². The Kier molecular flexibility index (Phi) is 6.43. The molecule has 1 heterocycles. The first-order valence-electron chi connectivity index (χ1n) is 7.69. The molecule has 1 unspecified atom stereocenters. The van der Waals surface area contributed by atoms with Gasteiger partial charge < -0.3 is 5.11 Å². The van der Waals surface area contributed by atoms with Crippen molar-refractivity contribution in [3.8, 4) is 0 Å². The maximum Gasteiger partial charge on any atom is 0.0766 e. The number of aromatic nitrogens is 2. The number of thioether (sulfide) groups is 1. The fraction of sp³-hybridized carbons (Fsp3) is 0.800. The maximum absolute atomic E-state index is 10.3. The highest BCUT2D eigenvalue weighted by atomic mass is 79.9. The predicted octanol–water partition coefficient (Wildman–Crippen LogP) is 3.81. The largest absolute Gasteiger partial charge is 0.392 e. The first-order valence-corrected chi connectivity index (χ1v) is 9.53. The Hall–Kier alpha value is -0.000000000000000111. The Labute approximate surface area is 134 Å². The van der Waals surface area contributed by atoms with Gasteiger partial charge in [0.05, 0.1) is 22.0 Å². The summed E-state index contributed by atoms with van der Waals surface area (Å²) in [5.74, 6) is 0.841. The van der Waals surface area contributed by atoms with Gasteiger partial charge >= 0.3 is 0 Å². The summed E-state index contributed by atoms with van der Waals surface area (Å²) in [6.07, 6.45) is 6.73. The zero-order valence-electron chi connectivity index (χ0n) is 12.4. The number of aliphatic hydroxyl groups excluding tert-OH is 1. The molecule has 0 aliphatic heterocycles. The number of hydrogen-bond acceptors (Lipinski definition) is 3. The van der Waals surface area contributed by atoms with Crippen LogP contribution in [0, 0.1) is 0 Å². The Balaban J connectivity index is 1.92. The van der Waals surface area contributed by atoms with E-state index in [0.29, 0.717) is 6.42 Å². The Morgan fingerprint density at radius 2 is 2.10 bits per heavy atom. The van der Waals surface area contributed by atoms with Crippen LogP contribution in [0.4, 0.5) is 0 Å². The van der Waals surface area contributed by atoms with Crippen LogP contribution in [0.25, 0.3) is 0 Å². The summed E-state index contributed by atoms with van der Waals surface area (Å²) >= 11 is 5.60. The minimum absolute atomic E-state index is 0.274. The lowest BCUT2D eigenvalue weighted by molar-refractivity contribution is 0.196.